The van der Waals surface area contributed by atoms with E-state index in [2.05, 4.69) is 17.4 Å². The summed E-state index contributed by atoms with van der Waals surface area (Å²) in [4.78, 5) is 24.9. The molecule has 0 saturated heterocycles. The molecule has 2 heterocycles. The van der Waals surface area contributed by atoms with E-state index in [9.17, 15) is 9.59 Å². The second kappa shape index (κ2) is 7.69. The molecular weight excluding hydrogens is 370 g/mol. The molecule has 156 valence electrons. The standard InChI is InChI=1S/C22H29N3O4/c1-12-7-19(15(4)25(12)20-8-13(2)29-24-20)22(27)28-11-21(26)23-14(3)18-10-16-5-6-17(18)9-16/h7-8,14,16-18H,5-6,9-11H2,1-4H3,(H,23,26)/t14-,16+,17+,18-/m1/s1. The molecule has 2 fully saturated rings. The van der Waals surface area contributed by atoms with Crippen molar-refractivity contribution in [3.63, 3.8) is 0 Å². The highest BCUT2D eigenvalue weighted by Crippen LogP contribution is 2.49. The van der Waals surface area contributed by atoms with Crippen molar-refractivity contribution in [2.24, 2.45) is 17.8 Å². The molecule has 0 aliphatic heterocycles. The van der Waals surface area contributed by atoms with E-state index in [1.807, 2.05) is 25.3 Å². The number of amides is 1. The van der Waals surface area contributed by atoms with E-state index in [1.54, 1.807) is 12.1 Å². The van der Waals surface area contributed by atoms with E-state index in [1.165, 1.54) is 25.7 Å². The largest absolute Gasteiger partial charge is 0.452 e. The quantitative estimate of drug-likeness (QED) is 0.752. The Labute approximate surface area is 170 Å². The smallest absolute Gasteiger partial charge is 0.340 e. The Hall–Kier alpha value is -2.57. The van der Waals surface area contributed by atoms with Crippen LogP contribution < -0.4 is 5.32 Å². The topological polar surface area (TPSA) is 86.4 Å². The summed E-state index contributed by atoms with van der Waals surface area (Å²) in [6.07, 6.45) is 5.14. The van der Waals surface area contributed by atoms with Crippen LogP contribution in [0.1, 0.15) is 60.1 Å². The maximum Gasteiger partial charge on any atom is 0.340 e. The third kappa shape index (κ3) is 3.82. The Kier molecular flexibility index (Phi) is 5.23. The number of carbonyl (C=O) groups is 2. The number of esters is 1. The van der Waals surface area contributed by atoms with Gasteiger partial charge >= 0.3 is 5.97 Å². The van der Waals surface area contributed by atoms with Crippen molar-refractivity contribution in [1.29, 1.82) is 0 Å². The predicted octanol–water partition coefficient (Wildman–Crippen LogP) is 3.49. The normalized spacial score (nSPS) is 23.9. The monoisotopic (exact) mass is 399 g/mol. The third-order valence-electron chi connectivity index (χ3n) is 6.65. The molecule has 2 aliphatic carbocycles. The van der Waals surface area contributed by atoms with Crippen LogP contribution in [0, 0.1) is 38.5 Å². The van der Waals surface area contributed by atoms with Crippen molar-refractivity contribution in [3.8, 4) is 5.82 Å². The average Bonchev–Trinajstić information content (AvgIpc) is 3.45. The van der Waals surface area contributed by atoms with Crippen LogP contribution >= 0.6 is 0 Å². The first-order valence-electron chi connectivity index (χ1n) is 10.4. The van der Waals surface area contributed by atoms with Gasteiger partial charge in [-0.15, -0.1) is 0 Å². The van der Waals surface area contributed by atoms with Crippen LogP contribution in [0.3, 0.4) is 0 Å². The molecule has 0 spiro atoms. The van der Waals surface area contributed by atoms with Gasteiger partial charge in [0.15, 0.2) is 12.4 Å². The number of hydrogen-bond acceptors (Lipinski definition) is 5. The van der Waals surface area contributed by atoms with Gasteiger partial charge in [0.1, 0.15) is 5.76 Å². The Balaban J connectivity index is 1.34. The molecule has 7 nitrogen and oxygen atoms in total. The van der Waals surface area contributed by atoms with E-state index in [0.29, 0.717) is 28.8 Å². The molecule has 0 unspecified atom stereocenters. The molecule has 2 aliphatic rings. The molecule has 7 heteroatoms. The molecule has 1 amide bonds. The van der Waals surface area contributed by atoms with Gasteiger partial charge in [-0.2, -0.15) is 0 Å². The van der Waals surface area contributed by atoms with Crippen LogP contribution in [0.4, 0.5) is 0 Å². The molecule has 2 saturated carbocycles. The van der Waals surface area contributed by atoms with Crippen LogP contribution in [0.5, 0.6) is 0 Å². The molecule has 29 heavy (non-hydrogen) atoms. The van der Waals surface area contributed by atoms with Crippen molar-refractivity contribution in [1.82, 2.24) is 15.0 Å². The second-order valence-corrected chi connectivity index (χ2v) is 8.69. The summed E-state index contributed by atoms with van der Waals surface area (Å²) in [5, 5.41) is 7.04. The lowest BCUT2D eigenvalue weighted by molar-refractivity contribution is -0.125. The zero-order valence-electron chi connectivity index (χ0n) is 17.5. The maximum absolute atomic E-state index is 12.6. The van der Waals surface area contributed by atoms with Crippen LogP contribution in [0.2, 0.25) is 0 Å². The van der Waals surface area contributed by atoms with E-state index in [-0.39, 0.29) is 18.6 Å². The first kappa shape index (κ1) is 19.7. The van der Waals surface area contributed by atoms with Gasteiger partial charge in [-0.1, -0.05) is 11.6 Å². The molecular formula is C22H29N3O4. The van der Waals surface area contributed by atoms with Crippen LogP contribution in [-0.2, 0) is 9.53 Å². The summed E-state index contributed by atoms with van der Waals surface area (Å²) in [5.41, 5.74) is 1.98. The lowest BCUT2D eigenvalue weighted by atomic mass is 9.84. The van der Waals surface area contributed by atoms with Crippen LogP contribution in [0.15, 0.2) is 16.7 Å². The van der Waals surface area contributed by atoms with Crippen molar-refractivity contribution in [3.05, 3.63) is 34.8 Å². The highest BCUT2D eigenvalue weighted by Gasteiger charge is 2.42. The number of rotatable bonds is 6. The Bertz CT molecular complexity index is 929. The molecule has 4 atom stereocenters. The van der Waals surface area contributed by atoms with E-state index in [0.717, 1.165) is 17.5 Å². The molecule has 1 N–H and O–H groups in total. The zero-order valence-corrected chi connectivity index (χ0v) is 17.5. The van der Waals surface area contributed by atoms with Gasteiger partial charge in [0.25, 0.3) is 5.91 Å². The molecule has 4 rings (SSSR count). The summed E-state index contributed by atoms with van der Waals surface area (Å²) >= 11 is 0. The SMILES string of the molecule is Cc1cc(-n2c(C)cc(C(=O)OCC(=O)N[C@H](C)[C@H]3C[C@H]4CC[C@H]3C4)c2C)no1. The maximum atomic E-state index is 12.6. The fourth-order valence-corrected chi connectivity index (χ4v) is 5.30. The molecule has 2 bridgehead atoms. The lowest BCUT2D eigenvalue weighted by Gasteiger charge is -2.28. The number of aromatic nitrogens is 2. The van der Waals surface area contributed by atoms with Gasteiger partial charge in [0, 0.05) is 23.5 Å². The minimum Gasteiger partial charge on any atom is -0.452 e. The summed E-state index contributed by atoms with van der Waals surface area (Å²) in [5.74, 6) is 2.70. The van der Waals surface area contributed by atoms with Gasteiger partial charge in [-0.3, -0.25) is 9.36 Å². The fraction of sp³-hybridized carbons (Fsp3) is 0.591. The summed E-state index contributed by atoms with van der Waals surface area (Å²) < 4.78 is 12.3. The number of ether oxygens (including phenoxy) is 1. The average molecular weight is 399 g/mol. The van der Waals surface area contributed by atoms with Crippen LogP contribution in [0.25, 0.3) is 5.82 Å². The number of fused-ring (bicyclic) bond motifs is 2. The van der Waals surface area contributed by atoms with E-state index in [4.69, 9.17) is 9.26 Å². The van der Waals surface area contributed by atoms with Gasteiger partial charge in [0.2, 0.25) is 0 Å². The fourth-order valence-electron chi connectivity index (χ4n) is 5.30. The van der Waals surface area contributed by atoms with Gasteiger partial charge in [-0.05, 0) is 70.8 Å². The highest BCUT2D eigenvalue weighted by molar-refractivity contribution is 5.93. The lowest BCUT2D eigenvalue weighted by Crippen LogP contribution is -2.42. The third-order valence-corrected chi connectivity index (χ3v) is 6.65. The second-order valence-electron chi connectivity index (χ2n) is 8.69. The number of hydrogen-bond donors (Lipinski definition) is 1. The number of carbonyl (C=O) groups excluding carboxylic acids is 2. The predicted molar refractivity (Wildman–Crippen MR) is 107 cm³/mol. The van der Waals surface area contributed by atoms with Gasteiger partial charge < -0.3 is 14.6 Å². The number of nitrogens with zero attached hydrogens (tertiary/aromatic N) is 2. The Morgan fingerprint density at radius 3 is 2.69 bits per heavy atom. The highest BCUT2D eigenvalue weighted by atomic mass is 16.5. The van der Waals surface area contributed by atoms with Gasteiger partial charge in [0.05, 0.1) is 5.56 Å². The first-order valence-corrected chi connectivity index (χ1v) is 10.4. The van der Waals surface area contributed by atoms with Crippen molar-refractivity contribution < 1.29 is 18.8 Å². The minimum absolute atomic E-state index is 0.122. The molecule has 0 aromatic carbocycles. The summed E-state index contributed by atoms with van der Waals surface area (Å²) in [7, 11) is 0. The zero-order chi connectivity index (χ0) is 20.7. The Morgan fingerprint density at radius 2 is 2.07 bits per heavy atom. The number of nitrogens with one attached hydrogen (secondary N) is 1. The summed E-state index contributed by atoms with van der Waals surface area (Å²) in [6.45, 7) is 7.33. The van der Waals surface area contributed by atoms with E-state index < -0.39 is 5.97 Å². The summed E-state index contributed by atoms with van der Waals surface area (Å²) in [6, 6.07) is 3.67. The number of aryl methyl sites for hydroxylation is 2. The minimum atomic E-state index is -0.507. The molecule has 2 aromatic rings. The van der Waals surface area contributed by atoms with Crippen molar-refractivity contribution in [2.45, 2.75) is 59.4 Å². The Morgan fingerprint density at radius 1 is 1.28 bits per heavy atom. The molecule has 2 aromatic heterocycles. The first-order chi connectivity index (χ1) is 13.8. The van der Waals surface area contributed by atoms with Crippen LogP contribution in [-0.4, -0.2) is 34.2 Å². The van der Waals surface area contributed by atoms with Crippen molar-refractivity contribution >= 4 is 11.9 Å². The van der Waals surface area contributed by atoms with Gasteiger partial charge in [-0.25, -0.2) is 4.79 Å². The van der Waals surface area contributed by atoms with Crippen molar-refractivity contribution in [2.75, 3.05) is 6.61 Å². The van der Waals surface area contributed by atoms with E-state index >= 15 is 0 Å². The molecule has 0 radical (unpaired) electrons.